The van der Waals surface area contributed by atoms with Gasteiger partial charge in [0.15, 0.2) is 0 Å². The Morgan fingerprint density at radius 1 is 1.13 bits per heavy atom. The number of unbranched alkanes of at least 4 members (excludes halogenated alkanes) is 4. The molecule has 0 bridgehead atoms. The number of hydrogen-bond donors (Lipinski definition) is 4. The van der Waals surface area contributed by atoms with Gasteiger partial charge in [0.05, 0.1) is 11.3 Å². The third kappa shape index (κ3) is 7.20. The van der Waals surface area contributed by atoms with Gasteiger partial charge in [-0.3, -0.25) is 4.79 Å². The molecule has 1 aromatic heterocycles. The highest BCUT2D eigenvalue weighted by molar-refractivity contribution is 7.19. The molecular weight excluding hydrogens is 404 g/mol. The molecule has 0 atom stereocenters. The third-order valence-corrected chi connectivity index (χ3v) is 5.40. The highest BCUT2D eigenvalue weighted by Crippen LogP contribution is 2.28. The fourth-order valence-electron chi connectivity index (χ4n) is 2.91. The molecule has 10 heteroatoms. The molecular formula is C20H29N6O3S+. The monoisotopic (exact) mass is 433 g/mol. The topological polar surface area (TPSA) is 140 Å². The highest BCUT2D eigenvalue weighted by atomic mass is 32.1. The summed E-state index contributed by atoms with van der Waals surface area (Å²) in [6, 6.07) is 5.20. The van der Waals surface area contributed by atoms with Gasteiger partial charge in [0.25, 0.3) is 0 Å². The molecule has 1 heterocycles. The molecule has 0 fully saturated rings. The number of anilines is 3. The minimum atomic E-state index is -0.403. The molecule has 2 amide bonds. The summed E-state index contributed by atoms with van der Waals surface area (Å²) in [4.78, 5) is 38.0. The molecule has 2 rings (SSSR count). The van der Waals surface area contributed by atoms with Crippen molar-refractivity contribution >= 4 is 44.7 Å². The molecule has 0 aliphatic carbocycles. The van der Waals surface area contributed by atoms with E-state index >= 15 is 0 Å². The van der Waals surface area contributed by atoms with Crippen LogP contribution in [0.4, 0.5) is 21.5 Å². The van der Waals surface area contributed by atoms with Crippen LogP contribution in [0.2, 0.25) is 0 Å². The predicted molar refractivity (Wildman–Crippen MR) is 120 cm³/mol. The number of benzene rings is 1. The number of nitroso groups, excluding NO2 is 1. The van der Waals surface area contributed by atoms with Crippen molar-refractivity contribution in [2.45, 2.75) is 46.0 Å². The fourth-order valence-corrected chi connectivity index (χ4v) is 3.70. The van der Waals surface area contributed by atoms with Crippen LogP contribution in [0.5, 0.6) is 0 Å². The second-order valence-corrected chi connectivity index (χ2v) is 7.96. The molecule has 9 nitrogen and oxygen atoms in total. The van der Waals surface area contributed by atoms with Gasteiger partial charge in [-0.1, -0.05) is 19.3 Å². The Morgan fingerprint density at radius 3 is 2.53 bits per heavy atom. The lowest BCUT2D eigenvalue weighted by molar-refractivity contribution is -0.363. The van der Waals surface area contributed by atoms with Crippen LogP contribution in [0.15, 0.2) is 23.4 Å². The molecule has 0 aliphatic heterocycles. The molecule has 0 saturated carbocycles. The first-order chi connectivity index (χ1) is 14.4. The Hall–Kier alpha value is -2.85. The van der Waals surface area contributed by atoms with Crippen molar-refractivity contribution < 1.29 is 14.6 Å². The smallest absolute Gasteiger partial charge is 0.341 e. The van der Waals surface area contributed by atoms with E-state index in [2.05, 4.69) is 26.1 Å². The maximum absolute atomic E-state index is 12.7. The maximum atomic E-state index is 12.7. The van der Waals surface area contributed by atoms with E-state index in [-0.39, 0.29) is 10.9 Å². The zero-order chi connectivity index (χ0) is 21.9. The molecule has 0 radical (unpaired) electrons. The molecule has 2 aromatic rings. The summed E-state index contributed by atoms with van der Waals surface area (Å²) in [5.74, 6) is -0.674. The molecule has 30 heavy (non-hydrogen) atoms. The molecule has 0 aliphatic rings. The van der Waals surface area contributed by atoms with Gasteiger partial charge < -0.3 is 16.4 Å². The first kappa shape index (κ1) is 23.4. The minimum absolute atomic E-state index is 0.271. The van der Waals surface area contributed by atoms with Crippen molar-refractivity contribution in [3.63, 3.8) is 0 Å². The molecule has 162 valence electrons. The van der Waals surface area contributed by atoms with Gasteiger partial charge in [0.1, 0.15) is 5.69 Å². The lowest BCUT2D eigenvalue weighted by Gasteiger charge is -2.12. The number of H-pyrrole nitrogens is 1. The Bertz CT molecular complexity index is 883. The number of carbonyl (C=O) groups excluding carboxylic acids is 2. The Morgan fingerprint density at radius 2 is 1.87 bits per heavy atom. The van der Waals surface area contributed by atoms with E-state index in [9.17, 15) is 14.5 Å². The largest absolute Gasteiger partial charge is 0.385 e. The summed E-state index contributed by atoms with van der Waals surface area (Å²) in [7, 11) is 0. The van der Waals surface area contributed by atoms with Gasteiger partial charge >= 0.3 is 11.0 Å². The number of nitrogens with zero attached hydrogens (tertiary/aromatic N) is 1. The number of amides is 2. The molecule has 0 unspecified atom stereocenters. The number of carbonyl (C=O) groups is 2. The lowest BCUT2D eigenvalue weighted by atomic mass is 10.1. The van der Waals surface area contributed by atoms with Crippen molar-refractivity contribution in [2.75, 3.05) is 29.0 Å². The van der Waals surface area contributed by atoms with Gasteiger partial charge in [-0.15, -0.1) is 4.91 Å². The van der Waals surface area contributed by atoms with E-state index in [4.69, 9.17) is 5.73 Å². The Labute approximate surface area is 179 Å². The summed E-state index contributed by atoms with van der Waals surface area (Å²) >= 11 is 1.05. The Balaban J connectivity index is 2.02. The number of nitrogens with two attached hydrogens (primary N) is 1. The van der Waals surface area contributed by atoms with Crippen LogP contribution in [-0.2, 0) is 4.79 Å². The van der Waals surface area contributed by atoms with Crippen LogP contribution in [0.1, 0.15) is 55.1 Å². The van der Waals surface area contributed by atoms with E-state index < -0.39 is 5.91 Å². The average Bonchev–Trinajstić information content (AvgIpc) is 3.06. The van der Waals surface area contributed by atoms with Crippen molar-refractivity contribution in [2.24, 2.45) is 10.9 Å². The normalized spacial score (nSPS) is 10.5. The fraction of sp³-hybridized carbons (Fsp3) is 0.450. The van der Waals surface area contributed by atoms with Gasteiger partial charge in [0, 0.05) is 26.1 Å². The van der Waals surface area contributed by atoms with Crippen molar-refractivity contribution in [3.05, 3.63) is 34.4 Å². The van der Waals surface area contributed by atoms with Crippen LogP contribution in [0, 0.1) is 11.8 Å². The molecule has 1 aromatic carbocycles. The number of nitrogens with one attached hydrogen (secondary N) is 4. The summed E-state index contributed by atoms with van der Waals surface area (Å²) in [5, 5.41) is 12.3. The number of thiazole rings is 1. The predicted octanol–water partition coefficient (Wildman–Crippen LogP) is 3.80. The number of aromatic nitrogens is 1. The molecule has 0 spiro atoms. The van der Waals surface area contributed by atoms with Crippen LogP contribution in [-0.4, -0.2) is 24.9 Å². The van der Waals surface area contributed by atoms with E-state index in [0.717, 1.165) is 62.2 Å². The van der Waals surface area contributed by atoms with Crippen molar-refractivity contribution in [3.8, 4) is 0 Å². The van der Waals surface area contributed by atoms with E-state index in [1.807, 2.05) is 0 Å². The van der Waals surface area contributed by atoms with Crippen LogP contribution in [0.25, 0.3) is 0 Å². The van der Waals surface area contributed by atoms with Crippen LogP contribution >= 0.6 is 11.3 Å². The number of aryl methyl sites for hydroxylation is 1. The summed E-state index contributed by atoms with van der Waals surface area (Å²) < 4.78 is 0. The first-order valence-corrected chi connectivity index (χ1v) is 10.8. The lowest BCUT2D eigenvalue weighted by Crippen LogP contribution is -2.20. The number of aromatic amines is 1. The second-order valence-electron chi connectivity index (χ2n) is 6.96. The van der Waals surface area contributed by atoms with Crippen molar-refractivity contribution in [1.82, 2.24) is 0 Å². The summed E-state index contributed by atoms with van der Waals surface area (Å²) in [5.41, 5.74) is 7.63. The second kappa shape index (κ2) is 12.0. The van der Waals surface area contributed by atoms with Gasteiger partial charge in [0.2, 0.25) is 10.9 Å². The first-order valence-electron chi connectivity index (χ1n) is 9.97. The van der Waals surface area contributed by atoms with Crippen molar-refractivity contribution in [1.29, 1.82) is 0 Å². The standard InChI is InChI=1S/C20H28N6O3S/c1-13-19(26-29)30-20(23-13)25-18(28)16-9-8-15(12-17(16)24-14(2)27)22-11-7-5-3-4-6-10-21/h8-9,12,22H,3-7,10-11,21H2,1-2H3,(H,24,27)(H,23,25,28)/p+1. The van der Waals surface area contributed by atoms with E-state index in [1.54, 1.807) is 25.1 Å². The van der Waals surface area contributed by atoms with E-state index in [0.29, 0.717) is 22.1 Å². The van der Waals surface area contributed by atoms with E-state index in [1.165, 1.54) is 6.92 Å². The number of rotatable bonds is 12. The Kier molecular flexibility index (Phi) is 9.36. The number of hydrogen-bond acceptors (Lipinski definition) is 7. The zero-order valence-electron chi connectivity index (χ0n) is 17.3. The quantitative estimate of drug-likeness (QED) is 0.298. The maximum Gasteiger partial charge on any atom is 0.341 e. The average molecular weight is 434 g/mol. The third-order valence-electron chi connectivity index (χ3n) is 4.42. The zero-order valence-corrected chi connectivity index (χ0v) is 18.2. The SMILES string of the molecule is CC(=O)Nc1cc(NCCCCCCCN)ccc1C(=O)Nc1[nH+]c(C)c(N=O)s1. The minimum Gasteiger partial charge on any atom is -0.385 e. The van der Waals surface area contributed by atoms with Gasteiger partial charge in [-0.05, 0) is 54.1 Å². The molecule has 0 saturated heterocycles. The highest BCUT2D eigenvalue weighted by Gasteiger charge is 2.21. The van der Waals surface area contributed by atoms with Crippen LogP contribution < -0.4 is 26.7 Å². The molecule has 6 N–H and O–H groups in total. The van der Waals surface area contributed by atoms with Crippen LogP contribution in [0.3, 0.4) is 0 Å². The summed E-state index contributed by atoms with van der Waals surface area (Å²) in [6.07, 6.45) is 5.53. The van der Waals surface area contributed by atoms with Gasteiger partial charge in [-0.2, -0.15) is 5.32 Å². The summed E-state index contributed by atoms with van der Waals surface area (Å²) in [6.45, 7) is 4.63. The van der Waals surface area contributed by atoms with Gasteiger partial charge in [-0.25, -0.2) is 9.78 Å².